The van der Waals surface area contributed by atoms with Crippen LogP contribution in [0.2, 0.25) is 0 Å². The first kappa shape index (κ1) is 16.4. The van der Waals surface area contributed by atoms with Gasteiger partial charge in [-0.25, -0.2) is 4.79 Å². The van der Waals surface area contributed by atoms with Gasteiger partial charge in [-0.05, 0) is 24.8 Å². The van der Waals surface area contributed by atoms with Crippen LogP contribution in [-0.2, 0) is 20.9 Å². The highest BCUT2D eigenvalue weighted by molar-refractivity contribution is 5.81. The molecule has 20 heavy (non-hydrogen) atoms. The summed E-state index contributed by atoms with van der Waals surface area (Å²) >= 11 is 0. The number of esters is 1. The van der Waals surface area contributed by atoms with Gasteiger partial charge in [0.1, 0.15) is 0 Å². The van der Waals surface area contributed by atoms with Gasteiger partial charge in [0.05, 0.1) is 19.8 Å². The highest BCUT2D eigenvalue weighted by Crippen LogP contribution is 2.05. The molecule has 0 fully saturated rings. The zero-order chi connectivity index (χ0) is 14.6. The van der Waals surface area contributed by atoms with Gasteiger partial charge in [-0.1, -0.05) is 36.4 Å². The summed E-state index contributed by atoms with van der Waals surface area (Å²) in [7, 11) is 1.33. The molecule has 0 bridgehead atoms. The van der Waals surface area contributed by atoms with Crippen molar-refractivity contribution in [1.82, 2.24) is 0 Å². The van der Waals surface area contributed by atoms with Crippen LogP contribution < -0.4 is 0 Å². The van der Waals surface area contributed by atoms with E-state index in [1.807, 2.05) is 30.3 Å². The summed E-state index contributed by atoms with van der Waals surface area (Å²) < 4.78 is 9.99. The van der Waals surface area contributed by atoms with Gasteiger partial charge in [-0.2, -0.15) is 0 Å². The zero-order valence-electron chi connectivity index (χ0n) is 11.8. The molecular weight excluding hydrogens is 256 g/mol. The second-order valence-electron chi connectivity index (χ2n) is 4.50. The normalized spacial score (nSPS) is 12.5. The van der Waals surface area contributed by atoms with E-state index in [2.05, 4.69) is 4.74 Å². The average molecular weight is 278 g/mol. The maximum absolute atomic E-state index is 10.8. The molecule has 1 aromatic carbocycles. The van der Waals surface area contributed by atoms with E-state index < -0.39 is 12.1 Å². The average Bonchev–Trinajstić information content (AvgIpc) is 2.47. The third-order valence-corrected chi connectivity index (χ3v) is 2.80. The molecule has 0 heterocycles. The molecule has 0 spiro atoms. The maximum atomic E-state index is 10.8. The van der Waals surface area contributed by atoms with E-state index in [9.17, 15) is 9.90 Å². The van der Waals surface area contributed by atoms with Crippen LogP contribution >= 0.6 is 0 Å². The van der Waals surface area contributed by atoms with Crippen molar-refractivity contribution >= 4 is 5.97 Å². The number of aliphatic hydroxyl groups is 1. The van der Waals surface area contributed by atoms with Gasteiger partial charge in [0, 0.05) is 12.7 Å². The minimum Gasteiger partial charge on any atom is -0.466 e. The molecule has 1 N–H and O–H groups in total. The molecule has 0 aliphatic heterocycles. The number of methoxy groups -OCH3 is 1. The summed E-state index contributed by atoms with van der Waals surface area (Å²) in [5.74, 6) is -0.400. The Balaban J connectivity index is 2.03. The van der Waals surface area contributed by atoms with Gasteiger partial charge in [-0.3, -0.25) is 0 Å². The maximum Gasteiger partial charge on any atom is 0.330 e. The van der Waals surface area contributed by atoms with Crippen molar-refractivity contribution in [3.63, 3.8) is 0 Å². The molecule has 110 valence electrons. The van der Waals surface area contributed by atoms with Crippen LogP contribution in [0, 0.1) is 0 Å². The Morgan fingerprint density at radius 1 is 1.35 bits per heavy atom. The number of rotatable bonds is 9. The molecule has 0 unspecified atom stereocenters. The summed E-state index contributed by atoms with van der Waals surface area (Å²) in [6.45, 7) is 1.21. The van der Waals surface area contributed by atoms with Gasteiger partial charge in [0.15, 0.2) is 0 Å². The first-order valence-corrected chi connectivity index (χ1v) is 6.76. The summed E-state index contributed by atoms with van der Waals surface area (Å²) in [6, 6.07) is 9.98. The molecule has 0 aromatic heterocycles. The van der Waals surface area contributed by atoms with E-state index in [1.165, 1.54) is 13.2 Å². The van der Waals surface area contributed by atoms with Crippen molar-refractivity contribution in [2.45, 2.75) is 32.0 Å². The third-order valence-electron chi connectivity index (χ3n) is 2.80. The third kappa shape index (κ3) is 7.71. The van der Waals surface area contributed by atoms with Crippen molar-refractivity contribution in [3.05, 3.63) is 48.0 Å². The summed E-state index contributed by atoms with van der Waals surface area (Å²) in [6.07, 6.45) is 4.40. The number of benzene rings is 1. The van der Waals surface area contributed by atoms with E-state index in [0.29, 0.717) is 26.1 Å². The van der Waals surface area contributed by atoms with Gasteiger partial charge >= 0.3 is 5.97 Å². The molecule has 0 aliphatic rings. The highest BCUT2D eigenvalue weighted by atomic mass is 16.5. The van der Waals surface area contributed by atoms with E-state index in [4.69, 9.17) is 4.74 Å². The van der Waals surface area contributed by atoms with Gasteiger partial charge in [0.25, 0.3) is 0 Å². The van der Waals surface area contributed by atoms with Crippen molar-refractivity contribution in [2.24, 2.45) is 0 Å². The van der Waals surface area contributed by atoms with Gasteiger partial charge in [0.2, 0.25) is 0 Å². The van der Waals surface area contributed by atoms with Crippen molar-refractivity contribution in [3.8, 4) is 0 Å². The summed E-state index contributed by atoms with van der Waals surface area (Å²) in [5, 5.41) is 9.69. The fourth-order valence-corrected chi connectivity index (χ4v) is 1.69. The fraction of sp³-hybridized carbons (Fsp3) is 0.438. The van der Waals surface area contributed by atoms with Gasteiger partial charge in [-0.15, -0.1) is 0 Å². The predicted molar refractivity (Wildman–Crippen MR) is 77.1 cm³/mol. The summed E-state index contributed by atoms with van der Waals surface area (Å²) in [4.78, 5) is 10.8. The second-order valence-corrected chi connectivity index (χ2v) is 4.50. The van der Waals surface area contributed by atoms with Crippen LogP contribution in [0.1, 0.15) is 24.8 Å². The Morgan fingerprint density at radius 2 is 2.10 bits per heavy atom. The number of hydrogen-bond acceptors (Lipinski definition) is 4. The molecule has 4 heteroatoms. The van der Waals surface area contributed by atoms with E-state index in [-0.39, 0.29) is 0 Å². The molecule has 1 atom stereocenters. The lowest BCUT2D eigenvalue weighted by Gasteiger charge is -2.08. The molecule has 0 saturated heterocycles. The first-order chi connectivity index (χ1) is 9.72. The zero-order valence-corrected chi connectivity index (χ0v) is 11.8. The van der Waals surface area contributed by atoms with E-state index in [0.717, 1.165) is 12.0 Å². The largest absolute Gasteiger partial charge is 0.466 e. The van der Waals surface area contributed by atoms with Crippen LogP contribution in [0.25, 0.3) is 0 Å². The molecule has 0 amide bonds. The van der Waals surface area contributed by atoms with Crippen LogP contribution in [0.3, 0.4) is 0 Å². The second kappa shape index (κ2) is 10.2. The molecule has 4 nitrogen and oxygen atoms in total. The SMILES string of the molecule is COC(=O)/C=C/C[C@@H](O)CCCOCc1ccccc1. The Morgan fingerprint density at radius 3 is 2.80 bits per heavy atom. The predicted octanol–water partition coefficient (Wildman–Crippen LogP) is 2.46. The van der Waals surface area contributed by atoms with E-state index >= 15 is 0 Å². The standard InChI is InChI=1S/C16H22O4/c1-19-16(18)11-5-9-15(17)10-6-12-20-13-14-7-3-2-4-8-14/h2-5,7-8,11,15,17H,6,9-10,12-13H2,1H3/b11-5+/t15-/m1/s1. The van der Waals surface area contributed by atoms with Crippen molar-refractivity contribution < 1.29 is 19.4 Å². The van der Waals surface area contributed by atoms with Crippen LogP contribution in [0.4, 0.5) is 0 Å². The first-order valence-electron chi connectivity index (χ1n) is 6.76. The lowest BCUT2D eigenvalue weighted by atomic mass is 10.1. The molecule has 0 radical (unpaired) electrons. The minimum absolute atomic E-state index is 0.400. The molecule has 1 rings (SSSR count). The quantitative estimate of drug-likeness (QED) is 0.428. The lowest BCUT2D eigenvalue weighted by molar-refractivity contribution is -0.134. The molecule has 0 saturated carbocycles. The monoisotopic (exact) mass is 278 g/mol. The number of aliphatic hydroxyl groups excluding tert-OH is 1. The van der Waals surface area contributed by atoms with Crippen molar-refractivity contribution in [1.29, 1.82) is 0 Å². The number of carbonyl (C=O) groups is 1. The Kier molecular flexibility index (Phi) is 8.35. The summed E-state index contributed by atoms with van der Waals surface area (Å²) in [5.41, 5.74) is 1.15. The Labute approximate surface area is 120 Å². The highest BCUT2D eigenvalue weighted by Gasteiger charge is 2.02. The Bertz CT molecular complexity index is 400. The lowest BCUT2D eigenvalue weighted by Crippen LogP contribution is -2.07. The topological polar surface area (TPSA) is 55.8 Å². The van der Waals surface area contributed by atoms with Crippen molar-refractivity contribution in [2.75, 3.05) is 13.7 Å². The van der Waals surface area contributed by atoms with E-state index in [1.54, 1.807) is 6.08 Å². The van der Waals surface area contributed by atoms with Gasteiger partial charge < -0.3 is 14.6 Å². The number of carbonyl (C=O) groups excluding carboxylic acids is 1. The number of hydrogen-bond donors (Lipinski definition) is 1. The molecule has 1 aromatic rings. The Hall–Kier alpha value is -1.65. The molecular formula is C16H22O4. The molecule has 0 aliphatic carbocycles. The number of ether oxygens (including phenoxy) is 2. The van der Waals surface area contributed by atoms with Crippen LogP contribution in [-0.4, -0.2) is 30.9 Å². The smallest absolute Gasteiger partial charge is 0.330 e. The minimum atomic E-state index is -0.448. The van der Waals surface area contributed by atoms with Crippen LogP contribution in [0.15, 0.2) is 42.5 Å². The van der Waals surface area contributed by atoms with Crippen LogP contribution in [0.5, 0.6) is 0 Å². The fourth-order valence-electron chi connectivity index (χ4n) is 1.69.